The van der Waals surface area contributed by atoms with E-state index in [1.165, 1.54) is 0 Å². The zero-order valence-electron chi connectivity index (χ0n) is 19.1. The third kappa shape index (κ3) is 5.35. The molecule has 0 radical (unpaired) electrons. The predicted molar refractivity (Wildman–Crippen MR) is 130 cm³/mol. The number of fused-ring (bicyclic) bond motifs is 1. The molecule has 0 unspecified atom stereocenters. The Morgan fingerprint density at radius 2 is 1.76 bits per heavy atom. The third-order valence-corrected chi connectivity index (χ3v) is 5.30. The van der Waals surface area contributed by atoms with Gasteiger partial charge in [-0.25, -0.2) is 4.98 Å². The summed E-state index contributed by atoms with van der Waals surface area (Å²) < 4.78 is 12.8. The van der Waals surface area contributed by atoms with Crippen LogP contribution in [0.1, 0.15) is 23.1 Å². The quantitative estimate of drug-likeness (QED) is 0.395. The number of nitrogens with one attached hydrogen (secondary N) is 2. The molecule has 0 saturated carbocycles. The van der Waals surface area contributed by atoms with Crippen LogP contribution in [0.4, 0.5) is 5.69 Å². The topological polar surface area (TPSA) is 94.5 Å². The Hall–Kier alpha value is -4.33. The molecule has 2 amide bonds. The number of rotatable bonds is 9. The van der Waals surface area contributed by atoms with Gasteiger partial charge in [0.05, 0.1) is 24.7 Å². The standard InChI is InChI=1S/C26H26N4O4/c1-3-30-23-10-5-4-9-22(23)29-24(30)16-27-26(32)18-11-13-20(14-12-18)34-17-25(31)28-19-7-6-8-21(15-19)33-2/h4-15H,3,16-17H2,1-2H3,(H,27,32)(H,28,31). The van der Waals surface area contributed by atoms with Gasteiger partial charge in [-0.15, -0.1) is 0 Å². The largest absolute Gasteiger partial charge is 0.497 e. The van der Waals surface area contributed by atoms with Gasteiger partial charge in [0.15, 0.2) is 6.61 Å². The monoisotopic (exact) mass is 458 g/mol. The Labute approximate surface area is 197 Å². The highest BCUT2D eigenvalue weighted by atomic mass is 16.5. The molecule has 34 heavy (non-hydrogen) atoms. The van der Waals surface area contributed by atoms with Crippen LogP contribution in [-0.4, -0.2) is 35.1 Å². The van der Waals surface area contributed by atoms with E-state index < -0.39 is 0 Å². The molecule has 0 aliphatic carbocycles. The molecule has 1 aromatic heterocycles. The van der Waals surface area contributed by atoms with Crippen LogP contribution in [0.15, 0.2) is 72.8 Å². The summed E-state index contributed by atoms with van der Waals surface area (Å²) >= 11 is 0. The second kappa shape index (κ2) is 10.5. The van der Waals surface area contributed by atoms with Crippen molar-refractivity contribution in [2.45, 2.75) is 20.0 Å². The molecule has 8 nitrogen and oxygen atoms in total. The summed E-state index contributed by atoms with van der Waals surface area (Å²) in [5.41, 5.74) is 3.07. The van der Waals surface area contributed by atoms with E-state index in [1.807, 2.05) is 24.3 Å². The Morgan fingerprint density at radius 3 is 2.53 bits per heavy atom. The second-order valence-corrected chi connectivity index (χ2v) is 7.54. The molecule has 0 fully saturated rings. The maximum atomic E-state index is 12.6. The van der Waals surface area contributed by atoms with Gasteiger partial charge in [0.25, 0.3) is 11.8 Å². The lowest BCUT2D eigenvalue weighted by atomic mass is 10.2. The van der Waals surface area contributed by atoms with Crippen LogP contribution >= 0.6 is 0 Å². The first kappa shape index (κ1) is 22.8. The SMILES string of the molecule is CCn1c(CNC(=O)c2ccc(OCC(=O)Nc3cccc(OC)c3)cc2)nc2ccccc21. The average molecular weight is 459 g/mol. The van der Waals surface area contributed by atoms with Gasteiger partial charge in [0.2, 0.25) is 0 Å². The number of anilines is 1. The molecular formula is C26H26N4O4. The van der Waals surface area contributed by atoms with Gasteiger partial charge in [-0.2, -0.15) is 0 Å². The number of ether oxygens (including phenoxy) is 2. The number of benzene rings is 3. The third-order valence-electron chi connectivity index (χ3n) is 5.30. The lowest BCUT2D eigenvalue weighted by Gasteiger charge is -2.10. The van der Waals surface area contributed by atoms with Crippen LogP contribution < -0.4 is 20.1 Å². The first-order valence-corrected chi connectivity index (χ1v) is 11.0. The predicted octanol–water partition coefficient (Wildman–Crippen LogP) is 4.01. The van der Waals surface area contributed by atoms with Crippen LogP contribution in [0, 0.1) is 0 Å². The lowest BCUT2D eigenvalue weighted by Crippen LogP contribution is -2.24. The minimum atomic E-state index is -0.297. The van der Waals surface area contributed by atoms with Crippen molar-refractivity contribution in [3.05, 3.63) is 84.2 Å². The van der Waals surface area contributed by atoms with Gasteiger partial charge in [-0.3, -0.25) is 9.59 Å². The molecular weight excluding hydrogens is 432 g/mol. The number of aryl methyl sites for hydroxylation is 1. The molecule has 0 atom stereocenters. The van der Waals surface area contributed by atoms with Gasteiger partial charge >= 0.3 is 0 Å². The van der Waals surface area contributed by atoms with E-state index in [4.69, 9.17) is 9.47 Å². The number of methoxy groups -OCH3 is 1. The Bertz CT molecular complexity index is 1300. The van der Waals surface area contributed by atoms with Crippen LogP contribution in [0.2, 0.25) is 0 Å². The van der Waals surface area contributed by atoms with E-state index in [0.29, 0.717) is 29.3 Å². The van der Waals surface area contributed by atoms with E-state index in [-0.39, 0.29) is 18.4 Å². The van der Waals surface area contributed by atoms with Crippen molar-refractivity contribution < 1.29 is 19.1 Å². The lowest BCUT2D eigenvalue weighted by molar-refractivity contribution is -0.118. The van der Waals surface area contributed by atoms with Gasteiger partial charge in [0.1, 0.15) is 17.3 Å². The van der Waals surface area contributed by atoms with E-state index in [9.17, 15) is 9.59 Å². The molecule has 0 aliphatic heterocycles. The van der Waals surface area contributed by atoms with E-state index in [1.54, 1.807) is 55.6 Å². The van der Waals surface area contributed by atoms with Crippen molar-refractivity contribution in [2.75, 3.05) is 19.0 Å². The fourth-order valence-corrected chi connectivity index (χ4v) is 3.62. The zero-order chi connectivity index (χ0) is 23.9. The Morgan fingerprint density at radius 1 is 0.971 bits per heavy atom. The number of imidazole rings is 1. The van der Waals surface area contributed by atoms with Crippen molar-refractivity contribution in [2.24, 2.45) is 0 Å². The summed E-state index contributed by atoms with van der Waals surface area (Å²) in [6.45, 7) is 2.98. The number of amides is 2. The van der Waals surface area contributed by atoms with Crippen LogP contribution in [0.3, 0.4) is 0 Å². The molecule has 4 rings (SSSR count). The molecule has 174 valence electrons. The fourth-order valence-electron chi connectivity index (χ4n) is 3.62. The first-order chi connectivity index (χ1) is 16.6. The normalized spacial score (nSPS) is 10.6. The smallest absolute Gasteiger partial charge is 0.262 e. The molecule has 8 heteroatoms. The molecule has 0 aliphatic rings. The zero-order valence-corrected chi connectivity index (χ0v) is 19.1. The van der Waals surface area contributed by atoms with Crippen molar-refractivity contribution >= 4 is 28.5 Å². The molecule has 1 heterocycles. The van der Waals surface area contributed by atoms with Gasteiger partial charge in [0, 0.05) is 23.9 Å². The second-order valence-electron chi connectivity index (χ2n) is 7.54. The van der Waals surface area contributed by atoms with E-state index in [2.05, 4.69) is 27.1 Å². The highest BCUT2D eigenvalue weighted by molar-refractivity contribution is 5.94. The van der Waals surface area contributed by atoms with Crippen molar-refractivity contribution in [1.29, 1.82) is 0 Å². The summed E-state index contributed by atoms with van der Waals surface area (Å²) in [6.07, 6.45) is 0. The fraction of sp³-hybridized carbons (Fsp3) is 0.192. The Balaban J connectivity index is 1.30. The van der Waals surface area contributed by atoms with Gasteiger partial charge in [-0.1, -0.05) is 18.2 Å². The average Bonchev–Trinajstić information content (AvgIpc) is 3.24. The summed E-state index contributed by atoms with van der Waals surface area (Å²) in [7, 11) is 1.57. The van der Waals surface area contributed by atoms with E-state index >= 15 is 0 Å². The summed E-state index contributed by atoms with van der Waals surface area (Å²) in [5.74, 6) is 1.44. The molecule has 0 bridgehead atoms. The van der Waals surface area contributed by atoms with Crippen molar-refractivity contribution in [3.8, 4) is 11.5 Å². The summed E-state index contributed by atoms with van der Waals surface area (Å²) in [4.78, 5) is 29.4. The molecule has 3 aromatic carbocycles. The number of carbonyl (C=O) groups is 2. The number of nitrogens with zero attached hydrogens (tertiary/aromatic N) is 2. The molecule has 0 saturated heterocycles. The number of aromatic nitrogens is 2. The van der Waals surface area contributed by atoms with Gasteiger partial charge < -0.3 is 24.7 Å². The van der Waals surface area contributed by atoms with Gasteiger partial charge in [-0.05, 0) is 55.5 Å². The molecule has 0 spiro atoms. The highest BCUT2D eigenvalue weighted by Gasteiger charge is 2.12. The minimum absolute atomic E-state index is 0.157. The number of hydrogen-bond acceptors (Lipinski definition) is 5. The van der Waals surface area contributed by atoms with Crippen LogP contribution in [-0.2, 0) is 17.9 Å². The van der Waals surface area contributed by atoms with Crippen LogP contribution in [0.25, 0.3) is 11.0 Å². The van der Waals surface area contributed by atoms with E-state index in [0.717, 1.165) is 23.4 Å². The Kier molecular flexibility index (Phi) is 7.07. The number of para-hydroxylation sites is 2. The summed E-state index contributed by atoms with van der Waals surface area (Å²) in [6, 6.07) is 21.6. The number of hydrogen-bond donors (Lipinski definition) is 2. The summed E-state index contributed by atoms with van der Waals surface area (Å²) in [5, 5.41) is 5.67. The van der Waals surface area contributed by atoms with Crippen LogP contribution in [0.5, 0.6) is 11.5 Å². The minimum Gasteiger partial charge on any atom is -0.497 e. The number of carbonyl (C=O) groups excluding carboxylic acids is 2. The maximum absolute atomic E-state index is 12.6. The van der Waals surface area contributed by atoms with Crippen molar-refractivity contribution in [1.82, 2.24) is 14.9 Å². The molecule has 4 aromatic rings. The van der Waals surface area contributed by atoms with Crippen molar-refractivity contribution in [3.63, 3.8) is 0 Å². The molecule has 2 N–H and O–H groups in total. The first-order valence-electron chi connectivity index (χ1n) is 11.0. The highest BCUT2D eigenvalue weighted by Crippen LogP contribution is 2.18. The maximum Gasteiger partial charge on any atom is 0.262 e.